The minimum absolute atomic E-state index is 0.125. The first-order valence-electron chi connectivity index (χ1n) is 12.7. The summed E-state index contributed by atoms with van der Waals surface area (Å²) in [5, 5.41) is 0.747. The highest BCUT2D eigenvalue weighted by molar-refractivity contribution is 7.98. The van der Waals surface area contributed by atoms with E-state index in [1.165, 1.54) is 6.07 Å². The van der Waals surface area contributed by atoms with Crippen LogP contribution in [-0.2, 0) is 12.2 Å². The number of para-hydroxylation sites is 1. The van der Waals surface area contributed by atoms with Crippen molar-refractivity contribution in [2.75, 3.05) is 49.1 Å². The second-order valence-corrected chi connectivity index (χ2v) is 10.2. The first-order chi connectivity index (χ1) is 17.6. The molecule has 3 heterocycles. The standard InChI is InChI=1S/C28H32FN5OS/c1-2-23-19-26(33-16-14-32(15-17-33)25-11-4-3-10-24(25)29)31-28(30-23)36-20-21-8-7-9-22(18-21)27(35)34-12-5-6-13-34/h3-4,7-11,18-19H,2,5-6,12-17,20H2,1H3. The van der Waals surface area contributed by atoms with Gasteiger partial charge in [0.1, 0.15) is 11.6 Å². The van der Waals surface area contributed by atoms with Gasteiger partial charge in [-0.25, -0.2) is 14.4 Å². The Morgan fingerprint density at radius 2 is 1.67 bits per heavy atom. The van der Waals surface area contributed by atoms with E-state index >= 15 is 0 Å². The Kier molecular flexibility index (Phi) is 7.70. The molecule has 5 rings (SSSR count). The maximum absolute atomic E-state index is 14.2. The molecule has 6 nitrogen and oxygen atoms in total. The van der Waals surface area contributed by atoms with Crippen molar-refractivity contribution in [3.63, 3.8) is 0 Å². The molecule has 3 aromatic rings. The van der Waals surface area contributed by atoms with Crippen LogP contribution in [0.2, 0.25) is 0 Å². The molecule has 0 radical (unpaired) electrons. The van der Waals surface area contributed by atoms with Crippen molar-refractivity contribution in [1.82, 2.24) is 14.9 Å². The van der Waals surface area contributed by atoms with E-state index in [2.05, 4.69) is 28.9 Å². The number of hydrogen-bond donors (Lipinski definition) is 0. The van der Waals surface area contributed by atoms with Gasteiger partial charge in [-0.15, -0.1) is 0 Å². The summed E-state index contributed by atoms with van der Waals surface area (Å²) >= 11 is 1.60. The molecule has 2 fully saturated rings. The largest absolute Gasteiger partial charge is 0.366 e. The maximum atomic E-state index is 14.2. The molecular weight excluding hydrogens is 473 g/mol. The highest BCUT2D eigenvalue weighted by Crippen LogP contribution is 2.26. The fourth-order valence-electron chi connectivity index (χ4n) is 4.80. The van der Waals surface area contributed by atoms with Crippen molar-refractivity contribution in [2.24, 2.45) is 0 Å². The van der Waals surface area contributed by atoms with Crippen LogP contribution in [0, 0.1) is 5.82 Å². The van der Waals surface area contributed by atoms with Crippen molar-refractivity contribution >= 4 is 29.2 Å². The molecule has 2 saturated heterocycles. The van der Waals surface area contributed by atoms with E-state index in [4.69, 9.17) is 9.97 Å². The van der Waals surface area contributed by atoms with Gasteiger partial charge in [0.25, 0.3) is 5.91 Å². The summed E-state index contributed by atoms with van der Waals surface area (Å²) in [6.07, 6.45) is 3.01. The summed E-state index contributed by atoms with van der Waals surface area (Å²) in [5.41, 5.74) is 3.52. The summed E-state index contributed by atoms with van der Waals surface area (Å²) in [5.74, 6) is 1.58. The minimum atomic E-state index is -0.175. The van der Waals surface area contributed by atoms with Gasteiger partial charge in [-0.3, -0.25) is 4.79 Å². The Balaban J connectivity index is 1.25. The number of halogens is 1. The van der Waals surface area contributed by atoms with Crippen LogP contribution in [0.5, 0.6) is 0 Å². The fourth-order valence-corrected chi connectivity index (χ4v) is 5.61. The zero-order chi connectivity index (χ0) is 24.9. The minimum Gasteiger partial charge on any atom is -0.366 e. The molecule has 0 unspecified atom stereocenters. The second kappa shape index (κ2) is 11.3. The predicted molar refractivity (Wildman–Crippen MR) is 143 cm³/mol. The number of thioether (sulfide) groups is 1. The van der Waals surface area contributed by atoms with Crippen LogP contribution < -0.4 is 9.80 Å². The Morgan fingerprint density at radius 1 is 0.917 bits per heavy atom. The second-order valence-electron chi connectivity index (χ2n) is 9.27. The SMILES string of the molecule is CCc1cc(N2CCN(c3ccccc3F)CC2)nc(SCc2cccc(C(=O)N3CCCC3)c2)n1. The Labute approximate surface area is 216 Å². The number of carbonyl (C=O) groups excluding carboxylic acids is 1. The van der Waals surface area contributed by atoms with Gasteiger partial charge in [0, 0.05) is 62.3 Å². The highest BCUT2D eigenvalue weighted by atomic mass is 32.2. The van der Waals surface area contributed by atoms with Crippen LogP contribution >= 0.6 is 11.8 Å². The normalized spacial score (nSPS) is 16.0. The van der Waals surface area contributed by atoms with Gasteiger partial charge < -0.3 is 14.7 Å². The number of amides is 1. The molecule has 0 spiro atoms. The smallest absolute Gasteiger partial charge is 0.253 e. The Hall–Kier alpha value is -3.13. The molecule has 36 heavy (non-hydrogen) atoms. The van der Waals surface area contributed by atoms with Gasteiger partial charge in [-0.05, 0) is 49.1 Å². The van der Waals surface area contributed by atoms with E-state index in [9.17, 15) is 9.18 Å². The third-order valence-corrected chi connectivity index (χ3v) is 7.76. The number of carbonyl (C=O) groups is 1. The quantitative estimate of drug-likeness (QED) is 0.332. The van der Waals surface area contributed by atoms with E-state index < -0.39 is 0 Å². The lowest BCUT2D eigenvalue weighted by Gasteiger charge is -2.37. The van der Waals surface area contributed by atoms with Gasteiger partial charge in [0.2, 0.25) is 0 Å². The van der Waals surface area contributed by atoms with Crippen LogP contribution in [0.4, 0.5) is 15.9 Å². The van der Waals surface area contributed by atoms with Crippen molar-refractivity contribution in [3.8, 4) is 0 Å². The Bertz CT molecular complexity index is 1210. The molecule has 0 N–H and O–H groups in total. The van der Waals surface area contributed by atoms with E-state index in [1.54, 1.807) is 17.8 Å². The van der Waals surface area contributed by atoms with Crippen LogP contribution in [0.1, 0.15) is 41.4 Å². The van der Waals surface area contributed by atoms with Crippen LogP contribution in [0.3, 0.4) is 0 Å². The molecule has 0 saturated carbocycles. The van der Waals surface area contributed by atoms with Crippen LogP contribution in [-0.4, -0.2) is 60.0 Å². The molecule has 0 aliphatic carbocycles. The number of hydrogen-bond acceptors (Lipinski definition) is 6. The zero-order valence-corrected chi connectivity index (χ0v) is 21.5. The molecule has 1 aromatic heterocycles. The van der Waals surface area contributed by atoms with Crippen LogP contribution in [0.15, 0.2) is 59.8 Å². The summed E-state index contributed by atoms with van der Waals surface area (Å²) in [6, 6.07) is 16.9. The third-order valence-electron chi connectivity index (χ3n) is 6.84. The van der Waals surface area contributed by atoms with Gasteiger partial charge in [-0.1, -0.05) is 43.0 Å². The van der Waals surface area contributed by atoms with Gasteiger partial charge >= 0.3 is 0 Å². The monoisotopic (exact) mass is 505 g/mol. The third kappa shape index (κ3) is 5.64. The Morgan fingerprint density at radius 3 is 2.42 bits per heavy atom. The van der Waals surface area contributed by atoms with E-state index in [0.29, 0.717) is 11.4 Å². The first kappa shape index (κ1) is 24.6. The lowest BCUT2D eigenvalue weighted by atomic mass is 10.1. The van der Waals surface area contributed by atoms with Crippen molar-refractivity contribution < 1.29 is 9.18 Å². The summed E-state index contributed by atoms with van der Waals surface area (Å²) in [7, 11) is 0. The van der Waals surface area contributed by atoms with Crippen molar-refractivity contribution in [1.29, 1.82) is 0 Å². The number of rotatable bonds is 7. The molecule has 0 atom stereocenters. The molecule has 2 aliphatic rings. The number of piperazine rings is 1. The lowest BCUT2D eigenvalue weighted by molar-refractivity contribution is 0.0792. The van der Waals surface area contributed by atoms with Gasteiger partial charge in [-0.2, -0.15) is 0 Å². The van der Waals surface area contributed by atoms with E-state index in [1.807, 2.05) is 35.2 Å². The van der Waals surface area contributed by atoms with Crippen molar-refractivity contribution in [3.05, 3.63) is 77.2 Å². The maximum Gasteiger partial charge on any atom is 0.253 e. The molecule has 1 amide bonds. The summed E-state index contributed by atoms with van der Waals surface area (Å²) < 4.78 is 14.2. The number of aryl methyl sites for hydroxylation is 1. The molecular formula is C28H32FN5OS. The average molecular weight is 506 g/mol. The zero-order valence-electron chi connectivity index (χ0n) is 20.7. The number of benzene rings is 2. The number of likely N-dealkylation sites (tertiary alicyclic amines) is 1. The van der Waals surface area contributed by atoms with E-state index in [0.717, 1.165) is 86.3 Å². The molecule has 2 aliphatic heterocycles. The highest BCUT2D eigenvalue weighted by Gasteiger charge is 2.22. The van der Waals surface area contributed by atoms with Gasteiger partial charge in [0.15, 0.2) is 5.16 Å². The predicted octanol–water partition coefficient (Wildman–Crippen LogP) is 5.03. The fraction of sp³-hybridized carbons (Fsp3) is 0.393. The molecule has 0 bridgehead atoms. The van der Waals surface area contributed by atoms with Gasteiger partial charge in [0.05, 0.1) is 5.69 Å². The number of anilines is 2. The van der Waals surface area contributed by atoms with Crippen molar-refractivity contribution in [2.45, 2.75) is 37.1 Å². The van der Waals surface area contributed by atoms with E-state index in [-0.39, 0.29) is 11.7 Å². The van der Waals surface area contributed by atoms with Crippen LogP contribution in [0.25, 0.3) is 0 Å². The summed E-state index contributed by atoms with van der Waals surface area (Å²) in [6.45, 7) is 6.85. The lowest BCUT2D eigenvalue weighted by Crippen LogP contribution is -2.47. The number of nitrogens with zero attached hydrogens (tertiary/aromatic N) is 5. The number of aromatic nitrogens is 2. The average Bonchev–Trinajstić information content (AvgIpc) is 3.47. The molecule has 8 heteroatoms. The molecule has 188 valence electrons. The molecule has 2 aromatic carbocycles. The topological polar surface area (TPSA) is 52.6 Å². The summed E-state index contributed by atoms with van der Waals surface area (Å²) in [4.78, 5) is 28.7. The first-order valence-corrected chi connectivity index (χ1v) is 13.7.